The van der Waals surface area contributed by atoms with E-state index >= 15 is 0 Å². The van der Waals surface area contributed by atoms with Crippen molar-refractivity contribution in [3.05, 3.63) is 12.4 Å². The third-order valence-electron chi connectivity index (χ3n) is 2.81. The van der Waals surface area contributed by atoms with Gasteiger partial charge in [0.25, 0.3) is 5.91 Å². The predicted molar refractivity (Wildman–Crippen MR) is 55.7 cm³/mol. The molecule has 0 aromatic heterocycles. The third kappa shape index (κ3) is 2.01. The van der Waals surface area contributed by atoms with Gasteiger partial charge in [0.2, 0.25) is 0 Å². The van der Waals surface area contributed by atoms with E-state index in [-0.39, 0.29) is 24.3 Å². The summed E-state index contributed by atoms with van der Waals surface area (Å²) in [5.41, 5.74) is 3.09. The molecule has 16 heavy (non-hydrogen) atoms. The number of carbonyl (C=O) groups excluding carboxylic acids is 2. The molecule has 0 aromatic rings. The van der Waals surface area contributed by atoms with Crippen LogP contribution in [0.5, 0.6) is 0 Å². The van der Waals surface area contributed by atoms with Crippen LogP contribution in [-0.4, -0.2) is 48.0 Å². The quantitative estimate of drug-likeness (QED) is 0.652. The number of hydrogen-bond donors (Lipinski definition) is 1. The van der Waals surface area contributed by atoms with Crippen LogP contribution in [0.25, 0.3) is 0 Å². The molecule has 2 aliphatic rings. The molecule has 6 nitrogen and oxygen atoms in total. The highest BCUT2D eigenvalue weighted by molar-refractivity contribution is 5.84. The number of nitrogens with one attached hydrogen (secondary N) is 1. The van der Waals surface area contributed by atoms with Gasteiger partial charge in [0.15, 0.2) is 0 Å². The molecule has 0 radical (unpaired) electrons. The maximum atomic E-state index is 11.9. The summed E-state index contributed by atoms with van der Waals surface area (Å²) in [6.45, 7) is 1.19. The molecular weight excluding hydrogens is 210 g/mol. The normalized spacial score (nSPS) is 23.6. The number of esters is 1. The van der Waals surface area contributed by atoms with Crippen molar-refractivity contribution in [2.75, 3.05) is 20.2 Å². The second kappa shape index (κ2) is 4.52. The molecule has 88 valence electrons. The van der Waals surface area contributed by atoms with Gasteiger partial charge in [-0.15, -0.1) is 0 Å². The van der Waals surface area contributed by atoms with Gasteiger partial charge in [0.1, 0.15) is 6.04 Å². The lowest BCUT2D eigenvalue weighted by atomic mass is 10.1. The fraction of sp³-hybridized carbons (Fsp3) is 0.600. The first kappa shape index (κ1) is 10.9. The standard InChI is InChI=1S/C10H15N3O3/c1-16-9(14)3-5-12-6-7-13-8(10(12)15)2-4-11-13/h6-8,11H,2-5H2,1H3. The fourth-order valence-corrected chi connectivity index (χ4v) is 1.89. The van der Waals surface area contributed by atoms with Gasteiger partial charge in [0, 0.05) is 25.5 Å². The molecule has 0 aliphatic carbocycles. The van der Waals surface area contributed by atoms with Crippen molar-refractivity contribution in [1.82, 2.24) is 15.3 Å². The predicted octanol–water partition coefficient (Wildman–Crippen LogP) is -0.558. The van der Waals surface area contributed by atoms with E-state index in [4.69, 9.17) is 0 Å². The van der Waals surface area contributed by atoms with Gasteiger partial charge < -0.3 is 14.6 Å². The van der Waals surface area contributed by atoms with Crippen molar-refractivity contribution in [3.8, 4) is 0 Å². The number of methoxy groups -OCH3 is 1. The Morgan fingerprint density at radius 2 is 2.44 bits per heavy atom. The molecule has 0 spiro atoms. The van der Waals surface area contributed by atoms with Crippen molar-refractivity contribution in [1.29, 1.82) is 0 Å². The molecule has 2 rings (SSSR count). The average Bonchev–Trinajstić information content (AvgIpc) is 2.76. The number of ether oxygens (including phenoxy) is 1. The molecule has 0 bridgehead atoms. The van der Waals surface area contributed by atoms with Crippen LogP contribution in [0.3, 0.4) is 0 Å². The van der Waals surface area contributed by atoms with Gasteiger partial charge in [-0.25, -0.2) is 5.43 Å². The zero-order chi connectivity index (χ0) is 11.5. The van der Waals surface area contributed by atoms with Crippen LogP contribution in [-0.2, 0) is 14.3 Å². The van der Waals surface area contributed by atoms with Gasteiger partial charge in [0.05, 0.1) is 13.5 Å². The zero-order valence-corrected chi connectivity index (χ0v) is 9.18. The Morgan fingerprint density at radius 3 is 3.19 bits per heavy atom. The SMILES string of the molecule is COC(=O)CCN1C=CN2NCCC2C1=O. The van der Waals surface area contributed by atoms with Crippen LogP contribution in [0.2, 0.25) is 0 Å². The number of hydrogen-bond acceptors (Lipinski definition) is 5. The minimum atomic E-state index is -0.298. The molecule has 1 fully saturated rings. The molecule has 6 heteroatoms. The summed E-state index contributed by atoms with van der Waals surface area (Å²) in [7, 11) is 1.35. The number of rotatable bonds is 3. The van der Waals surface area contributed by atoms with Crippen LogP contribution in [0.4, 0.5) is 0 Å². The van der Waals surface area contributed by atoms with Crippen LogP contribution in [0.15, 0.2) is 12.4 Å². The highest BCUT2D eigenvalue weighted by Gasteiger charge is 2.34. The lowest BCUT2D eigenvalue weighted by molar-refractivity contribution is -0.142. The number of carbonyl (C=O) groups is 2. The van der Waals surface area contributed by atoms with Crippen molar-refractivity contribution < 1.29 is 14.3 Å². The summed E-state index contributed by atoms with van der Waals surface area (Å²) in [6, 6.07) is -0.123. The molecule has 2 heterocycles. The molecular formula is C10H15N3O3. The van der Waals surface area contributed by atoms with Crippen LogP contribution in [0, 0.1) is 0 Å². The van der Waals surface area contributed by atoms with E-state index in [0.29, 0.717) is 6.54 Å². The van der Waals surface area contributed by atoms with E-state index in [0.717, 1.165) is 13.0 Å². The Hall–Kier alpha value is -1.56. The summed E-state index contributed by atoms with van der Waals surface area (Å²) in [5, 5.41) is 1.82. The van der Waals surface area contributed by atoms with Crippen molar-refractivity contribution in [2.24, 2.45) is 0 Å². The summed E-state index contributed by atoms with van der Waals surface area (Å²) in [6.07, 6.45) is 4.56. The van der Waals surface area contributed by atoms with E-state index in [1.54, 1.807) is 11.1 Å². The smallest absolute Gasteiger partial charge is 0.307 e. The topological polar surface area (TPSA) is 61.9 Å². The van der Waals surface area contributed by atoms with Gasteiger partial charge in [-0.2, -0.15) is 0 Å². The number of amides is 1. The Balaban J connectivity index is 1.94. The van der Waals surface area contributed by atoms with Gasteiger partial charge in [-0.3, -0.25) is 9.59 Å². The Labute approximate surface area is 93.8 Å². The van der Waals surface area contributed by atoms with E-state index in [1.807, 2.05) is 11.2 Å². The first-order valence-corrected chi connectivity index (χ1v) is 5.30. The van der Waals surface area contributed by atoms with E-state index in [1.165, 1.54) is 7.11 Å². The molecule has 1 unspecified atom stereocenters. The fourth-order valence-electron chi connectivity index (χ4n) is 1.89. The molecule has 2 aliphatic heterocycles. The van der Waals surface area contributed by atoms with Crippen molar-refractivity contribution >= 4 is 11.9 Å². The van der Waals surface area contributed by atoms with Crippen LogP contribution >= 0.6 is 0 Å². The minimum absolute atomic E-state index is 0.0383. The summed E-state index contributed by atoms with van der Waals surface area (Å²) in [4.78, 5) is 24.5. The lowest BCUT2D eigenvalue weighted by Crippen LogP contribution is -2.48. The first-order valence-electron chi connectivity index (χ1n) is 5.30. The Morgan fingerprint density at radius 1 is 1.62 bits per heavy atom. The minimum Gasteiger partial charge on any atom is -0.469 e. The molecule has 1 N–H and O–H groups in total. The van der Waals surface area contributed by atoms with Crippen LogP contribution < -0.4 is 5.43 Å². The maximum absolute atomic E-state index is 11.9. The van der Waals surface area contributed by atoms with Gasteiger partial charge in [-0.05, 0) is 6.42 Å². The molecule has 1 amide bonds. The monoisotopic (exact) mass is 225 g/mol. The number of hydrazine groups is 1. The second-order valence-electron chi connectivity index (χ2n) is 3.78. The Kier molecular flexibility index (Phi) is 3.09. The highest BCUT2D eigenvalue weighted by atomic mass is 16.5. The lowest BCUT2D eigenvalue weighted by Gasteiger charge is -2.31. The second-order valence-corrected chi connectivity index (χ2v) is 3.78. The van der Waals surface area contributed by atoms with Crippen molar-refractivity contribution in [3.63, 3.8) is 0 Å². The molecule has 0 saturated carbocycles. The number of fused-ring (bicyclic) bond motifs is 1. The molecule has 1 saturated heterocycles. The maximum Gasteiger partial charge on any atom is 0.307 e. The molecule has 0 aromatic carbocycles. The largest absolute Gasteiger partial charge is 0.469 e. The highest BCUT2D eigenvalue weighted by Crippen LogP contribution is 2.17. The summed E-state index contributed by atoms with van der Waals surface area (Å²) < 4.78 is 4.54. The van der Waals surface area contributed by atoms with E-state index < -0.39 is 0 Å². The Bertz CT molecular complexity index is 329. The third-order valence-corrected chi connectivity index (χ3v) is 2.81. The number of nitrogens with zero attached hydrogens (tertiary/aromatic N) is 2. The van der Waals surface area contributed by atoms with Gasteiger partial charge >= 0.3 is 5.97 Å². The van der Waals surface area contributed by atoms with E-state index in [2.05, 4.69) is 10.2 Å². The van der Waals surface area contributed by atoms with Crippen molar-refractivity contribution in [2.45, 2.75) is 18.9 Å². The van der Waals surface area contributed by atoms with Gasteiger partial charge in [-0.1, -0.05) is 0 Å². The molecule has 1 atom stereocenters. The summed E-state index contributed by atoms with van der Waals surface area (Å²) >= 11 is 0. The van der Waals surface area contributed by atoms with E-state index in [9.17, 15) is 9.59 Å². The average molecular weight is 225 g/mol. The zero-order valence-electron chi connectivity index (χ0n) is 9.18. The summed E-state index contributed by atoms with van der Waals surface area (Å²) in [5.74, 6) is -0.260. The first-order chi connectivity index (χ1) is 7.72. The van der Waals surface area contributed by atoms with Crippen LogP contribution in [0.1, 0.15) is 12.8 Å².